The maximum absolute atomic E-state index is 7.09. The molecule has 0 aromatic heterocycles. The lowest BCUT2D eigenvalue weighted by Crippen LogP contribution is -2.53. The van der Waals surface area contributed by atoms with E-state index in [0.29, 0.717) is 20.8 Å². The Morgan fingerprint density at radius 3 is 1.38 bits per heavy atom. The second-order valence-corrected chi connectivity index (χ2v) is 65.7. The van der Waals surface area contributed by atoms with E-state index in [0.717, 1.165) is 54.4 Å². The van der Waals surface area contributed by atoms with Gasteiger partial charge >= 0.3 is 45.0 Å². The van der Waals surface area contributed by atoms with Crippen molar-refractivity contribution in [3.05, 3.63) is 0 Å². The van der Waals surface area contributed by atoms with Gasteiger partial charge in [-0.05, 0) is 191 Å². The summed E-state index contributed by atoms with van der Waals surface area (Å²) in [6, 6.07) is 8.91. The van der Waals surface area contributed by atoms with E-state index in [9.17, 15) is 0 Å². The van der Waals surface area contributed by atoms with Crippen molar-refractivity contribution in [1.29, 1.82) is 0 Å². The first-order chi connectivity index (χ1) is 28.7. The van der Waals surface area contributed by atoms with E-state index in [4.69, 9.17) is 54.4 Å². The average molecular weight is 1140 g/mol. The Morgan fingerprint density at radius 1 is 0.508 bits per heavy atom. The van der Waals surface area contributed by atoms with Gasteiger partial charge in [0, 0.05) is 18.3 Å². The van der Waals surface area contributed by atoms with Crippen molar-refractivity contribution in [3.8, 4) is 0 Å². The molecule has 0 N–H and O–H groups in total. The Balaban J connectivity index is 1.48. The maximum atomic E-state index is 7.09. The largest absolute Gasteiger partial charge is 0.441 e. The average Bonchev–Trinajstić information content (AvgIpc) is 3.08. The quantitative estimate of drug-likeness (QED) is 0.108. The van der Waals surface area contributed by atoms with Crippen molar-refractivity contribution >= 4 is 134 Å². The van der Waals surface area contributed by atoms with Crippen LogP contribution in [0.1, 0.15) is 34.6 Å². The summed E-state index contributed by atoms with van der Waals surface area (Å²) in [6.45, 7) is 47.5. The summed E-state index contributed by atoms with van der Waals surface area (Å²) < 4.78 is 86.7. The highest BCUT2D eigenvalue weighted by atomic mass is 28.5. The van der Waals surface area contributed by atoms with Gasteiger partial charge in [0.05, 0.1) is 0 Å². The Morgan fingerprint density at radius 2 is 0.905 bits per heavy atom. The molecule has 0 bridgehead atoms. The zero-order valence-corrected chi connectivity index (χ0v) is 59.0. The van der Waals surface area contributed by atoms with Gasteiger partial charge in [0.15, 0.2) is 42.3 Å². The second-order valence-electron chi connectivity index (χ2n) is 21.6. The highest BCUT2D eigenvalue weighted by molar-refractivity contribution is 6.89. The van der Waals surface area contributed by atoms with E-state index >= 15 is 0 Å². The first kappa shape index (κ1) is 60.0. The van der Waals surface area contributed by atoms with Crippen molar-refractivity contribution < 1.29 is 54.4 Å². The molecule has 6 radical (unpaired) electrons. The van der Waals surface area contributed by atoms with Gasteiger partial charge in [0.2, 0.25) is 18.8 Å². The highest BCUT2D eigenvalue weighted by Crippen LogP contribution is 2.34. The lowest BCUT2D eigenvalue weighted by Gasteiger charge is -2.41. The number of rotatable bonds is 20. The minimum Gasteiger partial charge on any atom is -0.441 e. The maximum Gasteiger partial charge on any atom is 0.374 e. The fourth-order valence-electron chi connectivity index (χ4n) is 8.52. The second kappa shape index (κ2) is 25.9. The fourth-order valence-corrected chi connectivity index (χ4v) is 66.8. The molecule has 63 heavy (non-hydrogen) atoms. The Labute approximate surface area is 408 Å². The smallest absolute Gasteiger partial charge is 0.374 e. The third kappa shape index (κ3) is 23.7. The summed E-state index contributed by atoms with van der Waals surface area (Å²) in [5.74, 6) is 0. The van der Waals surface area contributed by atoms with Gasteiger partial charge in [-0.2, -0.15) is 0 Å². The van der Waals surface area contributed by atoms with E-state index < -0.39 is 124 Å². The van der Waals surface area contributed by atoms with E-state index in [1.807, 2.05) is 0 Å². The molecule has 0 spiro atoms. The van der Waals surface area contributed by atoms with Crippen molar-refractivity contribution in [3.63, 3.8) is 0 Å². The van der Waals surface area contributed by atoms with Crippen LogP contribution < -0.4 is 0 Å². The van der Waals surface area contributed by atoms with Gasteiger partial charge in [-0.15, -0.1) is 0 Å². The van der Waals surface area contributed by atoms with E-state index in [2.05, 4.69) is 139 Å². The summed E-state index contributed by atoms with van der Waals surface area (Å²) in [7, 11) is -24.3. The van der Waals surface area contributed by atoms with Crippen molar-refractivity contribution in [2.75, 3.05) is 0 Å². The fraction of sp³-hybridized carbons (Fsp3) is 1.00. The predicted octanol–water partition coefficient (Wildman–Crippen LogP) is 8.81. The normalized spacial score (nSPS) is 30.9. The van der Waals surface area contributed by atoms with Crippen molar-refractivity contribution in [1.82, 2.24) is 0 Å². The molecule has 9 unspecified atom stereocenters. The SMILES string of the molecule is CC1C[SiH](C)O[SiH](C)O[Si](CC[Si](C)(C)O[Si](C)(C)O[Si](C)(C)CC[Si]2OC(C)C(C)[Si](CC[Si](C)(C)O[Si](C)(C)O[Si](C)(C)CC[Si]3OC(C)C(C)[Si]O[SiH](C)O3)O[SiH](C)O2)O1. The van der Waals surface area contributed by atoms with Crippen LogP contribution in [0.5, 0.6) is 0 Å². The summed E-state index contributed by atoms with van der Waals surface area (Å²) >= 11 is 0. The van der Waals surface area contributed by atoms with Gasteiger partial charge in [0.25, 0.3) is 27.9 Å². The van der Waals surface area contributed by atoms with Crippen LogP contribution in [0.15, 0.2) is 0 Å². The molecule has 3 aliphatic heterocycles. The summed E-state index contributed by atoms with van der Waals surface area (Å²) in [5, 5.41) is 0. The van der Waals surface area contributed by atoms with Crippen LogP contribution in [0.2, 0.25) is 170 Å². The zero-order valence-electron chi connectivity index (χ0n) is 43.4. The molecule has 0 amide bonds. The molecule has 368 valence electrons. The van der Waals surface area contributed by atoms with Crippen LogP contribution >= 0.6 is 0 Å². The standard InChI is InChI=1S/C35H90O13Si15/c1-31-30-50(6)40-52(8)43-55(36-31)23-27-59(12,13)46-63(20,21)48-61(16,17)29-25-57-38-33(3)35(5)54(41-53(9)44-57)22-26-58(10,11)45-62(18,19)47-60(14,15)28-24-56-37-32(2)34(4)49-39-51(7)42-56/h31-35,50-53H,22-30H2,1-21H3. The Kier molecular flexibility index (Phi) is 24.7. The van der Waals surface area contributed by atoms with Gasteiger partial charge in [0.1, 0.15) is 0 Å². The molecule has 3 saturated heterocycles. The Bertz CT molecular complexity index is 1350. The van der Waals surface area contributed by atoms with Crippen LogP contribution in [0.25, 0.3) is 0 Å². The van der Waals surface area contributed by atoms with Crippen LogP contribution in [-0.4, -0.2) is 152 Å². The molecule has 3 fully saturated rings. The molecular formula is C35H90O13Si15. The van der Waals surface area contributed by atoms with E-state index in [1.165, 1.54) is 0 Å². The van der Waals surface area contributed by atoms with E-state index in [-0.39, 0.29) is 18.3 Å². The molecule has 3 rings (SSSR count). The van der Waals surface area contributed by atoms with Gasteiger partial charge in [-0.1, -0.05) is 13.8 Å². The summed E-state index contributed by atoms with van der Waals surface area (Å²) in [4.78, 5) is 0. The molecule has 0 aromatic rings. The molecule has 28 heteroatoms. The molecule has 0 saturated carbocycles. The summed E-state index contributed by atoms with van der Waals surface area (Å²) in [6.07, 6.45) is 0.462. The summed E-state index contributed by atoms with van der Waals surface area (Å²) in [5.41, 5.74) is 0.767. The van der Waals surface area contributed by atoms with Crippen LogP contribution in [-0.2, 0) is 54.4 Å². The molecule has 13 nitrogen and oxygen atoms in total. The number of hydrogen-bond donors (Lipinski definition) is 0. The molecule has 0 aromatic carbocycles. The van der Waals surface area contributed by atoms with Crippen LogP contribution in [0.4, 0.5) is 0 Å². The topological polar surface area (TPSA) is 120 Å². The third-order valence-corrected chi connectivity index (χ3v) is 59.2. The van der Waals surface area contributed by atoms with Crippen molar-refractivity contribution in [2.45, 2.75) is 223 Å². The van der Waals surface area contributed by atoms with Gasteiger partial charge in [-0.25, -0.2) is 0 Å². The first-order valence-electron chi connectivity index (χ1n) is 23.7. The lowest BCUT2D eigenvalue weighted by molar-refractivity contribution is 0.162. The molecule has 0 aliphatic carbocycles. The monoisotopic (exact) mass is 1140 g/mol. The molecular weight excluding hydrogens is 1050 g/mol. The molecule has 9 atom stereocenters. The van der Waals surface area contributed by atoms with Gasteiger partial charge in [-0.3, -0.25) is 0 Å². The first-order valence-corrected chi connectivity index (χ1v) is 57.8. The third-order valence-electron chi connectivity index (χ3n) is 11.5. The zero-order chi connectivity index (χ0) is 47.8. The predicted molar refractivity (Wildman–Crippen MR) is 290 cm³/mol. The lowest BCUT2D eigenvalue weighted by atomic mass is 10.3. The highest BCUT2D eigenvalue weighted by Gasteiger charge is 2.45. The van der Waals surface area contributed by atoms with Gasteiger partial charge < -0.3 is 54.4 Å². The van der Waals surface area contributed by atoms with Crippen molar-refractivity contribution in [2.24, 2.45) is 0 Å². The molecule has 3 heterocycles. The van der Waals surface area contributed by atoms with Crippen LogP contribution in [0, 0.1) is 0 Å². The Hall–Kier alpha value is 2.73. The van der Waals surface area contributed by atoms with Crippen LogP contribution in [0.3, 0.4) is 0 Å². The van der Waals surface area contributed by atoms with E-state index in [1.54, 1.807) is 0 Å². The minimum atomic E-state index is -2.40. The number of hydrogen-bond acceptors (Lipinski definition) is 13. The minimum absolute atomic E-state index is 0.0869. The molecule has 3 aliphatic rings.